The molecule has 24 heavy (non-hydrogen) atoms. The Labute approximate surface area is 145 Å². The zero-order valence-electron chi connectivity index (χ0n) is 15.1. The average Bonchev–Trinajstić information content (AvgIpc) is 2.61. The van der Waals surface area contributed by atoms with E-state index in [1.807, 2.05) is 37.3 Å². The van der Waals surface area contributed by atoms with Gasteiger partial charge in [-0.25, -0.2) is 0 Å². The zero-order chi connectivity index (χ0) is 17.5. The highest BCUT2D eigenvalue weighted by atomic mass is 16.5. The number of anilines is 1. The van der Waals surface area contributed by atoms with Crippen LogP contribution in [0.25, 0.3) is 0 Å². The molecule has 0 aliphatic heterocycles. The lowest BCUT2D eigenvalue weighted by Gasteiger charge is -2.14. The Morgan fingerprint density at radius 3 is 2.46 bits per heavy atom. The summed E-state index contributed by atoms with van der Waals surface area (Å²) in [5, 5.41) is 2.97. The van der Waals surface area contributed by atoms with Crippen molar-refractivity contribution < 1.29 is 9.53 Å². The largest absolute Gasteiger partial charge is 0.484 e. The number of carbonyl (C=O) groups is 1. The first-order valence-corrected chi connectivity index (χ1v) is 8.66. The lowest BCUT2D eigenvalue weighted by atomic mass is 9.99. The Kier molecular flexibility index (Phi) is 6.42. The van der Waals surface area contributed by atoms with Crippen LogP contribution < -0.4 is 10.1 Å². The van der Waals surface area contributed by atoms with Crippen molar-refractivity contribution in [3.05, 3.63) is 59.2 Å². The highest BCUT2D eigenvalue weighted by Gasteiger charge is 2.09. The summed E-state index contributed by atoms with van der Waals surface area (Å²) in [6.45, 7) is 8.48. The Hall–Kier alpha value is -2.29. The number of ether oxygens (including phenoxy) is 1. The molecule has 0 radical (unpaired) electrons. The van der Waals surface area contributed by atoms with Gasteiger partial charge in [-0.1, -0.05) is 51.1 Å². The maximum absolute atomic E-state index is 12.2. The van der Waals surface area contributed by atoms with Crippen LogP contribution in [0.3, 0.4) is 0 Å². The molecule has 0 aliphatic rings. The molecule has 0 aliphatic carbocycles. The van der Waals surface area contributed by atoms with Crippen LogP contribution in [0.2, 0.25) is 0 Å². The molecule has 3 heteroatoms. The topological polar surface area (TPSA) is 38.3 Å². The maximum atomic E-state index is 12.2. The van der Waals surface area contributed by atoms with E-state index in [4.69, 9.17) is 4.74 Å². The van der Waals surface area contributed by atoms with E-state index >= 15 is 0 Å². The van der Waals surface area contributed by atoms with Crippen molar-refractivity contribution in [2.75, 3.05) is 11.9 Å². The third-order valence-corrected chi connectivity index (χ3v) is 4.44. The standard InChI is InChI=1S/C21H27NO2/c1-5-15(3)18-10-12-19(13-11-18)24-14-20(23)22-21-16(4)8-7-9-17(21)6-2/h7-13,15H,5-6,14H2,1-4H3,(H,22,23)/t15-/m0/s1. The van der Waals surface area contributed by atoms with Gasteiger partial charge >= 0.3 is 0 Å². The second-order valence-corrected chi connectivity index (χ2v) is 6.18. The minimum Gasteiger partial charge on any atom is -0.484 e. The minimum absolute atomic E-state index is 0.0141. The monoisotopic (exact) mass is 325 g/mol. The van der Waals surface area contributed by atoms with Crippen molar-refractivity contribution in [2.45, 2.75) is 46.5 Å². The molecule has 0 heterocycles. The number of amides is 1. The van der Waals surface area contributed by atoms with Crippen molar-refractivity contribution in [3.8, 4) is 5.75 Å². The fraction of sp³-hybridized carbons (Fsp3) is 0.381. The number of para-hydroxylation sites is 1. The van der Waals surface area contributed by atoms with Crippen LogP contribution in [0.5, 0.6) is 5.75 Å². The Morgan fingerprint density at radius 1 is 1.12 bits per heavy atom. The van der Waals surface area contributed by atoms with Crippen molar-refractivity contribution >= 4 is 11.6 Å². The molecule has 0 unspecified atom stereocenters. The van der Waals surface area contributed by atoms with Gasteiger partial charge in [0.25, 0.3) is 5.91 Å². The first kappa shape index (κ1) is 18.1. The third kappa shape index (κ3) is 4.60. The molecule has 1 atom stereocenters. The predicted molar refractivity (Wildman–Crippen MR) is 99.8 cm³/mol. The van der Waals surface area contributed by atoms with E-state index in [-0.39, 0.29) is 12.5 Å². The first-order chi connectivity index (χ1) is 11.5. The highest BCUT2D eigenvalue weighted by molar-refractivity contribution is 5.93. The van der Waals surface area contributed by atoms with Crippen LogP contribution in [-0.2, 0) is 11.2 Å². The lowest BCUT2D eigenvalue weighted by Crippen LogP contribution is -2.21. The van der Waals surface area contributed by atoms with Gasteiger partial charge in [-0.3, -0.25) is 4.79 Å². The molecule has 0 aromatic heterocycles. The molecular formula is C21H27NO2. The van der Waals surface area contributed by atoms with Crippen LogP contribution in [0.15, 0.2) is 42.5 Å². The summed E-state index contributed by atoms with van der Waals surface area (Å²) in [5.41, 5.74) is 4.41. The number of benzene rings is 2. The first-order valence-electron chi connectivity index (χ1n) is 8.66. The summed E-state index contributed by atoms with van der Waals surface area (Å²) in [4.78, 5) is 12.2. The van der Waals surface area contributed by atoms with E-state index in [2.05, 4.69) is 38.2 Å². The molecule has 3 nitrogen and oxygen atoms in total. The third-order valence-electron chi connectivity index (χ3n) is 4.44. The SMILES string of the molecule is CCc1cccc(C)c1NC(=O)COc1ccc([C@@H](C)CC)cc1. The van der Waals surface area contributed by atoms with Gasteiger partial charge in [0.15, 0.2) is 6.61 Å². The van der Waals surface area contributed by atoms with E-state index < -0.39 is 0 Å². The van der Waals surface area contributed by atoms with E-state index in [1.165, 1.54) is 5.56 Å². The molecule has 2 aromatic carbocycles. The van der Waals surface area contributed by atoms with Gasteiger partial charge in [-0.2, -0.15) is 0 Å². The molecular weight excluding hydrogens is 298 g/mol. The summed E-state index contributed by atoms with van der Waals surface area (Å²) in [6.07, 6.45) is 1.99. The second-order valence-electron chi connectivity index (χ2n) is 6.18. The number of nitrogens with one attached hydrogen (secondary N) is 1. The van der Waals surface area contributed by atoms with Gasteiger partial charge in [0.2, 0.25) is 0 Å². The molecule has 0 bridgehead atoms. The number of hydrogen-bond donors (Lipinski definition) is 1. The number of hydrogen-bond acceptors (Lipinski definition) is 2. The van der Waals surface area contributed by atoms with E-state index in [1.54, 1.807) is 0 Å². The van der Waals surface area contributed by atoms with E-state index in [0.29, 0.717) is 5.92 Å². The van der Waals surface area contributed by atoms with Crippen LogP contribution in [-0.4, -0.2) is 12.5 Å². The van der Waals surface area contributed by atoms with E-state index in [0.717, 1.165) is 35.4 Å². The zero-order valence-corrected chi connectivity index (χ0v) is 15.1. The van der Waals surface area contributed by atoms with Gasteiger partial charge in [0.05, 0.1) is 0 Å². The summed E-state index contributed by atoms with van der Waals surface area (Å²) in [6, 6.07) is 14.1. The fourth-order valence-electron chi connectivity index (χ4n) is 2.65. The van der Waals surface area contributed by atoms with E-state index in [9.17, 15) is 4.79 Å². The van der Waals surface area contributed by atoms with Crippen LogP contribution in [0.1, 0.15) is 49.8 Å². The van der Waals surface area contributed by atoms with Crippen molar-refractivity contribution in [2.24, 2.45) is 0 Å². The average molecular weight is 325 g/mol. The van der Waals surface area contributed by atoms with Crippen molar-refractivity contribution in [1.82, 2.24) is 0 Å². The number of aryl methyl sites for hydroxylation is 2. The molecule has 0 saturated carbocycles. The number of rotatable bonds is 7. The van der Waals surface area contributed by atoms with Crippen molar-refractivity contribution in [3.63, 3.8) is 0 Å². The molecule has 0 saturated heterocycles. The summed E-state index contributed by atoms with van der Waals surface area (Å²) >= 11 is 0. The molecule has 2 rings (SSSR count). The summed E-state index contributed by atoms with van der Waals surface area (Å²) in [5.74, 6) is 1.12. The van der Waals surface area contributed by atoms with Crippen LogP contribution >= 0.6 is 0 Å². The van der Waals surface area contributed by atoms with Crippen molar-refractivity contribution in [1.29, 1.82) is 0 Å². The van der Waals surface area contributed by atoms with Gasteiger partial charge < -0.3 is 10.1 Å². The molecule has 1 N–H and O–H groups in total. The number of carbonyl (C=O) groups excluding carboxylic acids is 1. The van der Waals surface area contributed by atoms with Crippen LogP contribution in [0.4, 0.5) is 5.69 Å². The molecule has 0 spiro atoms. The normalized spacial score (nSPS) is 11.8. The van der Waals surface area contributed by atoms with Gasteiger partial charge in [-0.05, 0) is 54.5 Å². The molecule has 2 aromatic rings. The van der Waals surface area contributed by atoms with Crippen LogP contribution in [0, 0.1) is 6.92 Å². The highest BCUT2D eigenvalue weighted by Crippen LogP contribution is 2.22. The van der Waals surface area contributed by atoms with Gasteiger partial charge in [-0.15, -0.1) is 0 Å². The minimum atomic E-state index is -0.134. The Balaban J connectivity index is 1.94. The lowest BCUT2D eigenvalue weighted by molar-refractivity contribution is -0.118. The predicted octanol–water partition coefficient (Wildman–Crippen LogP) is 5.09. The summed E-state index contributed by atoms with van der Waals surface area (Å²) < 4.78 is 5.61. The van der Waals surface area contributed by atoms with Gasteiger partial charge in [0.1, 0.15) is 5.75 Å². The van der Waals surface area contributed by atoms with Gasteiger partial charge in [0, 0.05) is 5.69 Å². The quantitative estimate of drug-likeness (QED) is 0.770. The Morgan fingerprint density at radius 2 is 1.83 bits per heavy atom. The molecule has 0 fully saturated rings. The summed E-state index contributed by atoms with van der Waals surface area (Å²) in [7, 11) is 0. The fourth-order valence-corrected chi connectivity index (χ4v) is 2.65. The Bertz CT molecular complexity index is 677. The molecule has 1 amide bonds. The second kappa shape index (κ2) is 8.53. The molecule has 128 valence electrons. The smallest absolute Gasteiger partial charge is 0.262 e. The maximum Gasteiger partial charge on any atom is 0.262 e.